The molecule has 2 aromatic rings. The quantitative estimate of drug-likeness (QED) is 0.471. The van der Waals surface area contributed by atoms with E-state index in [0.29, 0.717) is 27.1 Å². The van der Waals surface area contributed by atoms with Crippen molar-refractivity contribution in [2.24, 2.45) is 0 Å². The predicted octanol–water partition coefficient (Wildman–Crippen LogP) is -3.42. The average molecular weight is 457 g/mol. The molecule has 0 spiro atoms. The molecule has 0 saturated carbocycles. The monoisotopic (exact) mass is 456 g/mol. The van der Waals surface area contributed by atoms with Crippen molar-refractivity contribution in [3.63, 3.8) is 0 Å². The number of rotatable bonds is 2. The fourth-order valence-corrected chi connectivity index (χ4v) is 2.86. The fourth-order valence-electron chi connectivity index (χ4n) is 2.42. The molecule has 0 aromatic heterocycles. The van der Waals surface area contributed by atoms with Crippen LogP contribution >= 0.6 is 23.2 Å². The van der Waals surface area contributed by atoms with Crippen LogP contribution in [-0.2, 0) is 6.42 Å². The maximum atomic E-state index is 9.00. The van der Waals surface area contributed by atoms with Crippen LogP contribution in [0.3, 0.4) is 0 Å². The van der Waals surface area contributed by atoms with Gasteiger partial charge in [0.2, 0.25) is 0 Å². The average Bonchev–Trinajstić information content (AvgIpc) is 2.56. The summed E-state index contributed by atoms with van der Waals surface area (Å²) >= 11 is 12.3. The van der Waals surface area contributed by atoms with Gasteiger partial charge in [-0.2, -0.15) is 5.26 Å². The molecule has 1 N–H and O–H groups in total. The largest absolute Gasteiger partial charge is 1.00 e. The van der Waals surface area contributed by atoms with Gasteiger partial charge in [0.15, 0.2) is 5.75 Å². The van der Waals surface area contributed by atoms with Crippen LogP contribution < -0.4 is 123 Å². The molecule has 27 heavy (non-hydrogen) atoms. The summed E-state index contributed by atoms with van der Waals surface area (Å²) in [5, 5.41) is 30.0. The van der Waals surface area contributed by atoms with Crippen molar-refractivity contribution < 1.29 is 123 Å². The molecule has 1 heterocycles. The molecular formula is C17H12Cl2K2N2O4. The Labute approximate surface area is 252 Å². The normalized spacial score (nSPS) is 11.0. The van der Waals surface area contributed by atoms with Crippen LogP contribution in [-0.4, -0.2) is 12.7 Å². The number of hydrogen-bond donors (Lipinski definition) is 1. The number of benzene rings is 2. The second kappa shape index (κ2) is 13.8. The van der Waals surface area contributed by atoms with Crippen molar-refractivity contribution in [1.29, 1.82) is 5.26 Å². The molecular weight excluding hydrogens is 445 g/mol. The Balaban J connectivity index is 0.00000103. The SMILES string of the molecule is N#Cc1cc(Cl)cc(Oc2c(Cl)ccc3c2CCCN3)c1.O=C([O-])[O-].[K+].[K+]. The molecule has 0 unspecified atom stereocenters. The Hall–Kier alpha value is 0.653. The second-order valence-corrected chi connectivity index (χ2v) is 5.92. The van der Waals surface area contributed by atoms with Crippen LogP contribution in [0.2, 0.25) is 10.0 Å². The summed E-state index contributed by atoms with van der Waals surface area (Å²) in [4.78, 5) is 8.33. The number of carboxylic acid groups (broad SMARTS) is 2. The van der Waals surface area contributed by atoms with Crippen molar-refractivity contribution in [3.8, 4) is 17.6 Å². The Bertz CT molecular complexity index is 840. The molecule has 0 bridgehead atoms. The van der Waals surface area contributed by atoms with E-state index in [0.717, 1.165) is 30.6 Å². The second-order valence-electron chi connectivity index (χ2n) is 5.07. The van der Waals surface area contributed by atoms with Crippen LogP contribution in [0.5, 0.6) is 11.5 Å². The zero-order valence-electron chi connectivity index (χ0n) is 14.8. The van der Waals surface area contributed by atoms with E-state index in [-0.39, 0.29) is 103 Å². The van der Waals surface area contributed by atoms with E-state index in [4.69, 9.17) is 48.2 Å². The van der Waals surface area contributed by atoms with E-state index in [1.165, 1.54) is 0 Å². The zero-order valence-corrected chi connectivity index (χ0v) is 22.6. The van der Waals surface area contributed by atoms with Gasteiger partial charge < -0.3 is 25.1 Å². The minimum absolute atomic E-state index is 0. The number of hydrogen-bond acceptors (Lipinski definition) is 6. The third-order valence-electron chi connectivity index (χ3n) is 3.35. The van der Waals surface area contributed by atoms with Crippen LogP contribution in [0.1, 0.15) is 17.5 Å². The first-order valence-electron chi connectivity index (χ1n) is 7.22. The van der Waals surface area contributed by atoms with Gasteiger partial charge >= 0.3 is 103 Å². The topological polar surface area (TPSA) is 108 Å². The first-order valence-corrected chi connectivity index (χ1v) is 7.98. The molecule has 0 aliphatic carbocycles. The number of nitrogens with one attached hydrogen (secondary N) is 1. The van der Waals surface area contributed by atoms with E-state index in [9.17, 15) is 0 Å². The van der Waals surface area contributed by atoms with Gasteiger partial charge in [-0.3, -0.25) is 0 Å². The molecule has 1 aliphatic heterocycles. The van der Waals surface area contributed by atoms with Gasteiger partial charge in [-0.1, -0.05) is 23.2 Å². The van der Waals surface area contributed by atoms with Crippen molar-refractivity contribution in [2.45, 2.75) is 12.8 Å². The number of carbonyl (C=O) groups is 1. The van der Waals surface area contributed by atoms with Crippen LogP contribution in [0.4, 0.5) is 10.5 Å². The summed E-state index contributed by atoms with van der Waals surface area (Å²) in [6.45, 7) is 0.948. The number of halogens is 2. The zero-order chi connectivity index (χ0) is 18.4. The smallest absolute Gasteiger partial charge is 0.652 e. The molecule has 0 radical (unpaired) electrons. The van der Waals surface area contributed by atoms with E-state index in [1.807, 2.05) is 12.1 Å². The van der Waals surface area contributed by atoms with Crippen molar-refractivity contribution in [2.75, 3.05) is 11.9 Å². The number of ether oxygens (including phenoxy) is 1. The van der Waals surface area contributed by atoms with Crippen LogP contribution in [0, 0.1) is 11.3 Å². The number of anilines is 1. The van der Waals surface area contributed by atoms with Crippen LogP contribution in [0.25, 0.3) is 0 Å². The van der Waals surface area contributed by atoms with Crippen molar-refractivity contribution in [1.82, 2.24) is 0 Å². The number of nitrogens with zero attached hydrogens (tertiary/aromatic N) is 1. The van der Waals surface area contributed by atoms with E-state index >= 15 is 0 Å². The predicted molar refractivity (Wildman–Crippen MR) is 89.9 cm³/mol. The maximum Gasteiger partial charge on any atom is 1.00 e. The van der Waals surface area contributed by atoms with Gasteiger partial charge in [0, 0.05) is 22.8 Å². The first kappa shape index (κ1) is 27.7. The number of fused-ring (bicyclic) bond motifs is 1. The van der Waals surface area contributed by atoms with Gasteiger partial charge in [0.05, 0.1) is 16.7 Å². The minimum Gasteiger partial charge on any atom is -0.652 e. The Morgan fingerprint density at radius 2 is 1.85 bits per heavy atom. The Morgan fingerprint density at radius 1 is 1.19 bits per heavy atom. The van der Waals surface area contributed by atoms with Gasteiger partial charge in [-0.25, -0.2) is 0 Å². The standard InChI is InChI=1S/C16H12Cl2N2O.CH2O3.2K/c17-11-6-10(9-19)7-12(8-11)21-16-13-2-1-5-20-15(13)4-3-14(16)18;2-1(3)4;;/h3-4,6-8,20H,1-2,5H2;(H2,2,3,4);;/q;;2*+1/p-2. The van der Waals surface area contributed by atoms with Crippen molar-refractivity contribution >= 4 is 35.0 Å². The van der Waals surface area contributed by atoms with Gasteiger partial charge in [-0.05, 0) is 49.3 Å². The van der Waals surface area contributed by atoms with Crippen molar-refractivity contribution in [3.05, 3.63) is 51.5 Å². The summed E-state index contributed by atoms with van der Waals surface area (Å²) in [6, 6.07) is 10.8. The third kappa shape index (κ3) is 8.90. The summed E-state index contributed by atoms with van der Waals surface area (Å²) in [5.74, 6) is 1.15. The molecule has 10 heteroatoms. The molecule has 6 nitrogen and oxygen atoms in total. The summed E-state index contributed by atoms with van der Waals surface area (Å²) in [7, 11) is 0. The van der Waals surface area contributed by atoms with Gasteiger partial charge in [0.25, 0.3) is 0 Å². The molecule has 0 saturated heterocycles. The number of nitriles is 1. The van der Waals surface area contributed by atoms with E-state index < -0.39 is 6.16 Å². The molecule has 1 aliphatic rings. The molecule has 0 amide bonds. The summed E-state index contributed by atoms with van der Waals surface area (Å²) in [6.07, 6.45) is -0.396. The Kier molecular flexibility index (Phi) is 14.1. The Morgan fingerprint density at radius 3 is 2.48 bits per heavy atom. The molecule has 0 fully saturated rings. The van der Waals surface area contributed by atoms with Gasteiger partial charge in [0.1, 0.15) is 5.75 Å². The van der Waals surface area contributed by atoms with E-state index in [2.05, 4.69) is 11.4 Å². The van der Waals surface area contributed by atoms with Crippen LogP contribution in [0.15, 0.2) is 30.3 Å². The molecule has 2 aromatic carbocycles. The number of carbonyl (C=O) groups excluding carboxylic acids is 1. The first-order chi connectivity index (χ1) is 11.9. The third-order valence-corrected chi connectivity index (χ3v) is 3.87. The fraction of sp³-hybridized carbons (Fsp3) is 0.176. The molecule has 3 rings (SSSR count). The summed E-state index contributed by atoms with van der Waals surface area (Å²) < 4.78 is 5.92. The maximum absolute atomic E-state index is 9.00. The molecule has 130 valence electrons. The van der Waals surface area contributed by atoms with E-state index in [1.54, 1.807) is 18.2 Å². The minimum atomic E-state index is -2.33. The molecule has 0 atom stereocenters. The van der Waals surface area contributed by atoms with Gasteiger partial charge in [-0.15, -0.1) is 0 Å². The summed E-state index contributed by atoms with van der Waals surface area (Å²) in [5.41, 5.74) is 2.56.